The third-order valence-electron chi connectivity index (χ3n) is 2.00. The Bertz CT molecular complexity index is 369. The van der Waals surface area contributed by atoms with Crippen LogP contribution in [0.4, 0.5) is 0 Å². The Morgan fingerprint density at radius 2 is 2.24 bits per heavy atom. The lowest BCUT2D eigenvalue weighted by Crippen LogP contribution is -2.33. The van der Waals surface area contributed by atoms with E-state index in [-0.39, 0.29) is 5.54 Å². The van der Waals surface area contributed by atoms with Gasteiger partial charge >= 0.3 is 0 Å². The second-order valence-electron chi connectivity index (χ2n) is 4.48. The highest BCUT2D eigenvalue weighted by Gasteiger charge is 2.18. The molecule has 7 heteroatoms. The molecule has 0 amide bonds. The predicted octanol–water partition coefficient (Wildman–Crippen LogP) is 1.22. The molecule has 0 saturated carbocycles. The van der Waals surface area contributed by atoms with Crippen LogP contribution in [0.15, 0.2) is 11.5 Å². The molecule has 1 rings (SSSR count). The standard InChI is InChI=1S/C10H19N5S2/c1-10(2,3)15-9(13-7-14-15)17-6-5-12-8(16)11-4/h7H,5-6H2,1-4H3,(H2,11,12,16). The smallest absolute Gasteiger partial charge is 0.186 e. The quantitative estimate of drug-likeness (QED) is 0.489. The van der Waals surface area contributed by atoms with Crippen molar-refractivity contribution in [2.45, 2.75) is 31.5 Å². The third kappa shape index (κ3) is 4.51. The second kappa shape index (κ2) is 6.20. The van der Waals surface area contributed by atoms with E-state index >= 15 is 0 Å². The fraction of sp³-hybridized carbons (Fsp3) is 0.700. The fourth-order valence-electron chi connectivity index (χ4n) is 1.18. The van der Waals surface area contributed by atoms with Crippen LogP contribution < -0.4 is 10.6 Å². The average Bonchev–Trinajstić information content (AvgIpc) is 2.71. The Labute approximate surface area is 112 Å². The average molecular weight is 273 g/mol. The summed E-state index contributed by atoms with van der Waals surface area (Å²) in [4.78, 5) is 4.26. The molecule has 2 N–H and O–H groups in total. The summed E-state index contributed by atoms with van der Waals surface area (Å²) in [7, 11) is 1.80. The van der Waals surface area contributed by atoms with Crippen molar-refractivity contribution in [3.63, 3.8) is 0 Å². The molecule has 0 saturated heterocycles. The monoisotopic (exact) mass is 273 g/mol. The zero-order valence-electron chi connectivity index (χ0n) is 10.6. The number of aromatic nitrogens is 3. The number of thiocarbonyl (C=S) groups is 1. The van der Waals surface area contributed by atoms with Gasteiger partial charge in [0.15, 0.2) is 10.3 Å². The molecular weight excluding hydrogens is 254 g/mol. The maximum Gasteiger partial charge on any atom is 0.186 e. The Morgan fingerprint density at radius 3 is 2.82 bits per heavy atom. The van der Waals surface area contributed by atoms with Gasteiger partial charge in [0.1, 0.15) is 6.33 Å². The molecule has 0 spiro atoms. The molecule has 1 aromatic heterocycles. The zero-order chi connectivity index (χ0) is 12.9. The van der Waals surface area contributed by atoms with Crippen LogP contribution in [0.3, 0.4) is 0 Å². The van der Waals surface area contributed by atoms with Crippen molar-refractivity contribution in [3.05, 3.63) is 6.33 Å². The van der Waals surface area contributed by atoms with Crippen LogP contribution in [0, 0.1) is 0 Å². The van der Waals surface area contributed by atoms with E-state index in [1.54, 1.807) is 25.1 Å². The number of thioether (sulfide) groups is 1. The minimum atomic E-state index is -0.0352. The van der Waals surface area contributed by atoms with E-state index in [2.05, 4.69) is 41.5 Å². The molecule has 17 heavy (non-hydrogen) atoms. The van der Waals surface area contributed by atoms with Crippen LogP contribution in [-0.2, 0) is 5.54 Å². The Balaban J connectivity index is 2.42. The summed E-state index contributed by atoms with van der Waals surface area (Å²) in [5, 5.41) is 11.8. The molecule has 1 aromatic rings. The van der Waals surface area contributed by atoms with Crippen molar-refractivity contribution in [1.82, 2.24) is 25.4 Å². The maximum absolute atomic E-state index is 4.99. The van der Waals surface area contributed by atoms with Gasteiger partial charge in [0.2, 0.25) is 0 Å². The van der Waals surface area contributed by atoms with Crippen LogP contribution in [0.5, 0.6) is 0 Å². The molecule has 0 aliphatic carbocycles. The highest BCUT2D eigenvalue weighted by atomic mass is 32.2. The lowest BCUT2D eigenvalue weighted by Gasteiger charge is -2.20. The number of hydrogen-bond donors (Lipinski definition) is 2. The van der Waals surface area contributed by atoms with Crippen LogP contribution >= 0.6 is 24.0 Å². The summed E-state index contributed by atoms with van der Waals surface area (Å²) in [5.41, 5.74) is -0.0352. The van der Waals surface area contributed by atoms with E-state index in [1.165, 1.54) is 0 Å². The van der Waals surface area contributed by atoms with Crippen molar-refractivity contribution in [2.24, 2.45) is 0 Å². The van der Waals surface area contributed by atoms with E-state index in [1.807, 2.05) is 4.68 Å². The molecule has 0 atom stereocenters. The van der Waals surface area contributed by atoms with E-state index in [0.29, 0.717) is 5.11 Å². The summed E-state index contributed by atoms with van der Waals surface area (Å²) in [6.45, 7) is 7.14. The Kier molecular flexibility index (Phi) is 5.20. The normalized spacial score (nSPS) is 11.3. The van der Waals surface area contributed by atoms with Crippen LogP contribution in [0.25, 0.3) is 0 Å². The summed E-state index contributed by atoms with van der Waals surface area (Å²) < 4.78 is 1.94. The van der Waals surface area contributed by atoms with Gasteiger partial charge in [-0.2, -0.15) is 5.10 Å². The molecule has 96 valence electrons. The first-order valence-electron chi connectivity index (χ1n) is 5.44. The van der Waals surface area contributed by atoms with Gasteiger partial charge in [0.25, 0.3) is 0 Å². The van der Waals surface area contributed by atoms with E-state index in [0.717, 1.165) is 17.5 Å². The lowest BCUT2D eigenvalue weighted by molar-refractivity contribution is 0.326. The molecule has 0 aliphatic heterocycles. The van der Waals surface area contributed by atoms with E-state index in [4.69, 9.17) is 12.2 Å². The molecule has 0 bridgehead atoms. The molecule has 0 unspecified atom stereocenters. The van der Waals surface area contributed by atoms with Gasteiger partial charge in [0.05, 0.1) is 5.54 Å². The maximum atomic E-state index is 4.99. The topological polar surface area (TPSA) is 54.8 Å². The number of nitrogens with one attached hydrogen (secondary N) is 2. The second-order valence-corrected chi connectivity index (χ2v) is 5.95. The van der Waals surface area contributed by atoms with Gasteiger partial charge in [0, 0.05) is 19.3 Å². The third-order valence-corrected chi connectivity index (χ3v) is 3.29. The first-order valence-corrected chi connectivity index (χ1v) is 6.83. The summed E-state index contributed by atoms with van der Waals surface area (Å²) in [6.07, 6.45) is 1.60. The highest BCUT2D eigenvalue weighted by Crippen LogP contribution is 2.21. The van der Waals surface area contributed by atoms with Crippen molar-refractivity contribution in [2.75, 3.05) is 19.3 Å². The Morgan fingerprint density at radius 1 is 1.53 bits per heavy atom. The number of rotatable bonds is 4. The van der Waals surface area contributed by atoms with Crippen molar-refractivity contribution < 1.29 is 0 Å². The van der Waals surface area contributed by atoms with Crippen LogP contribution in [-0.4, -0.2) is 39.2 Å². The molecular formula is C10H19N5S2. The molecule has 0 aromatic carbocycles. The van der Waals surface area contributed by atoms with Crippen LogP contribution in [0.2, 0.25) is 0 Å². The zero-order valence-corrected chi connectivity index (χ0v) is 12.3. The molecule has 1 heterocycles. The minimum Gasteiger partial charge on any atom is -0.366 e. The molecule has 0 radical (unpaired) electrons. The predicted molar refractivity (Wildman–Crippen MR) is 75.4 cm³/mol. The van der Waals surface area contributed by atoms with Crippen LogP contribution in [0.1, 0.15) is 20.8 Å². The van der Waals surface area contributed by atoms with Gasteiger partial charge in [-0.3, -0.25) is 0 Å². The van der Waals surface area contributed by atoms with Gasteiger partial charge < -0.3 is 10.6 Å². The van der Waals surface area contributed by atoms with Gasteiger partial charge in [-0.1, -0.05) is 11.8 Å². The molecule has 0 fully saturated rings. The van der Waals surface area contributed by atoms with Crippen molar-refractivity contribution in [3.8, 4) is 0 Å². The van der Waals surface area contributed by atoms with E-state index in [9.17, 15) is 0 Å². The molecule has 5 nitrogen and oxygen atoms in total. The lowest BCUT2D eigenvalue weighted by atomic mass is 10.1. The van der Waals surface area contributed by atoms with Crippen molar-refractivity contribution in [1.29, 1.82) is 0 Å². The van der Waals surface area contributed by atoms with Gasteiger partial charge in [-0.05, 0) is 33.0 Å². The highest BCUT2D eigenvalue weighted by molar-refractivity contribution is 7.99. The van der Waals surface area contributed by atoms with E-state index < -0.39 is 0 Å². The van der Waals surface area contributed by atoms with Crippen molar-refractivity contribution >= 4 is 29.1 Å². The number of nitrogens with zero attached hydrogens (tertiary/aromatic N) is 3. The first kappa shape index (κ1) is 14.2. The SMILES string of the molecule is CNC(=S)NCCSc1ncnn1C(C)(C)C. The van der Waals surface area contributed by atoms with Gasteiger partial charge in [-0.25, -0.2) is 9.67 Å². The first-order chi connectivity index (χ1) is 7.95. The number of hydrogen-bond acceptors (Lipinski definition) is 4. The minimum absolute atomic E-state index is 0.0352. The molecule has 0 aliphatic rings. The Hall–Kier alpha value is -0.820. The largest absolute Gasteiger partial charge is 0.366 e. The van der Waals surface area contributed by atoms with Gasteiger partial charge in [-0.15, -0.1) is 0 Å². The summed E-state index contributed by atoms with van der Waals surface area (Å²) in [5.74, 6) is 0.899. The summed E-state index contributed by atoms with van der Waals surface area (Å²) in [6, 6.07) is 0. The summed E-state index contributed by atoms with van der Waals surface area (Å²) >= 11 is 6.66. The fourth-order valence-corrected chi connectivity index (χ4v) is 2.24.